The first-order chi connectivity index (χ1) is 14.9. The summed E-state index contributed by atoms with van der Waals surface area (Å²) in [5, 5.41) is 5.41. The first kappa shape index (κ1) is 21.9. The Hall–Kier alpha value is -3.82. The van der Waals surface area contributed by atoms with Crippen molar-refractivity contribution in [3.05, 3.63) is 42.1 Å². The molecule has 1 aromatic carbocycles. The minimum atomic E-state index is -0.956. The van der Waals surface area contributed by atoms with Crippen molar-refractivity contribution in [3.63, 3.8) is 0 Å². The van der Waals surface area contributed by atoms with Crippen molar-refractivity contribution < 1.29 is 28.7 Å². The molecule has 3 rings (SSSR count). The number of ketones is 1. The van der Waals surface area contributed by atoms with Crippen LogP contribution in [0.5, 0.6) is 0 Å². The van der Waals surface area contributed by atoms with Gasteiger partial charge in [0, 0.05) is 18.1 Å². The van der Waals surface area contributed by atoms with Crippen LogP contribution >= 0.6 is 0 Å². The summed E-state index contributed by atoms with van der Waals surface area (Å²) in [7, 11) is 1.16. The summed E-state index contributed by atoms with van der Waals surface area (Å²) in [4.78, 5) is 66.3. The number of ether oxygens (including phenoxy) is 1. The lowest BCUT2D eigenvalue weighted by Crippen LogP contribution is -2.50. The second kappa shape index (κ2) is 9.79. The quantitative estimate of drug-likeness (QED) is 0.463. The molecule has 0 saturated carbocycles. The van der Waals surface area contributed by atoms with Crippen LogP contribution in [0, 0.1) is 0 Å². The lowest BCUT2D eigenvalue weighted by atomic mass is 10.1. The number of nitrogens with zero attached hydrogens (tertiary/aromatic N) is 2. The molecule has 1 aromatic heterocycles. The molecule has 0 aliphatic carbocycles. The summed E-state index contributed by atoms with van der Waals surface area (Å²) in [6, 6.07) is 7.79. The van der Waals surface area contributed by atoms with E-state index in [9.17, 15) is 24.0 Å². The van der Waals surface area contributed by atoms with Crippen LogP contribution in [-0.2, 0) is 23.9 Å². The molecular formula is C21H22N4O6. The van der Waals surface area contributed by atoms with Crippen molar-refractivity contribution in [2.45, 2.75) is 18.9 Å². The lowest BCUT2D eigenvalue weighted by molar-refractivity contribution is -0.146. The van der Waals surface area contributed by atoms with Crippen molar-refractivity contribution in [1.82, 2.24) is 20.5 Å². The third-order valence-corrected chi connectivity index (χ3v) is 5.01. The molecule has 0 bridgehead atoms. The van der Waals surface area contributed by atoms with E-state index in [4.69, 9.17) is 0 Å². The number of nitrogens with one attached hydrogen (secondary N) is 2. The van der Waals surface area contributed by atoms with Gasteiger partial charge >= 0.3 is 5.97 Å². The second-order valence-corrected chi connectivity index (χ2v) is 6.93. The molecule has 1 fully saturated rings. The Morgan fingerprint density at radius 3 is 2.65 bits per heavy atom. The average molecular weight is 426 g/mol. The molecule has 10 nitrogen and oxygen atoms in total. The zero-order valence-electron chi connectivity index (χ0n) is 16.9. The van der Waals surface area contributed by atoms with Gasteiger partial charge in [0.1, 0.15) is 12.6 Å². The molecular weight excluding hydrogens is 404 g/mol. The minimum absolute atomic E-state index is 0.299. The van der Waals surface area contributed by atoms with Crippen LogP contribution in [0.1, 0.15) is 23.2 Å². The number of methoxy groups -OCH3 is 1. The highest BCUT2D eigenvalue weighted by Gasteiger charge is 2.37. The Kier molecular flexibility index (Phi) is 6.91. The molecule has 1 atom stereocenters. The number of carbonyl (C=O) groups is 5. The van der Waals surface area contributed by atoms with Gasteiger partial charge in [-0.05, 0) is 25.0 Å². The first-order valence-electron chi connectivity index (χ1n) is 9.72. The monoisotopic (exact) mass is 426 g/mol. The van der Waals surface area contributed by atoms with Gasteiger partial charge in [-0.3, -0.25) is 29.0 Å². The first-order valence-corrected chi connectivity index (χ1v) is 9.72. The van der Waals surface area contributed by atoms with E-state index < -0.39 is 42.1 Å². The summed E-state index contributed by atoms with van der Waals surface area (Å²) in [6.07, 6.45) is 2.40. The van der Waals surface area contributed by atoms with Gasteiger partial charge in [-0.2, -0.15) is 0 Å². The van der Waals surface area contributed by atoms with Gasteiger partial charge in [-0.25, -0.2) is 0 Å². The van der Waals surface area contributed by atoms with Gasteiger partial charge in [0.2, 0.25) is 11.7 Å². The van der Waals surface area contributed by atoms with Crippen molar-refractivity contribution in [2.24, 2.45) is 0 Å². The standard InChI is InChI=1S/C21H22N4O6/c1-31-18(27)12-24-21(30)19(28)16-7-4-10-25(16)17(26)11-23-20(29)14-8-9-22-15-6-3-2-5-13(14)15/h2-3,5-6,8-9,16H,4,7,10-12H2,1H3,(H,23,29)(H,24,30)/t16-/m0/s1. The van der Waals surface area contributed by atoms with Gasteiger partial charge in [0.05, 0.1) is 24.7 Å². The highest BCUT2D eigenvalue weighted by molar-refractivity contribution is 6.38. The van der Waals surface area contributed by atoms with E-state index in [1.54, 1.807) is 24.3 Å². The predicted octanol–water partition coefficient (Wildman–Crippen LogP) is -0.186. The van der Waals surface area contributed by atoms with E-state index >= 15 is 0 Å². The Balaban J connectivity index is 1.60. The van der Waals surface area contributed by atoms with E-state index in [-0.39, 0.29) is 6.54 Å². The maximum absolute atomic E-state index is 12.6. The largest absolute Gasteiger partial charge is 0.468 e. The minimum Gasteiger partial charge on any atom is -0.468 e. The number of hydrogen-bond acceptors (Lipinski definition) is 7. The van der Waals surface area contributed by atoms with E-state index in [0.29, 0.717) is 35.9 Å². The van der Waals surface area contributed by atoms with Gasteiger partial charge < -0.3 is 20.3 Å². The molecule has 10 heteroatoms. The van der Waals surface area contributed by atoms with Crippen LogP contribution in [0.4, 0.5) is 0 Å². The SMILES string of the molecule is COC(=O)CNC(=O)C(=O)[C@@H]1CCCN1C(=O)CNC(=O)c1ccnc2ccccc12. The molecule has 1 aliphatic heterocycles. The van der Waals surface area contributed by atoms with Gasteiger partial charge in [0.15, 0.2) is 0 Å². The number of carbonyl (C=O) groups excluding carboxylic acids is 5. The third-order valence-electron chi connectivity index (χ3n) is 5.01. The maximum Gasteiger partial charge on any atom is 0.325 e. The van der Waals surface area contributed by atoms with Crippen molar-refractivity contribution in [1.29, 1.82) is 0 Å². The molecule has 3 amide bonds. The van der Waals surface area contributed by atoms with Crippen LogP contribution in [0.3, 0.4) is 0 Å². The van der Waals surface area contributed by atoms with E-state index in [1.807, 2.05) is 6.07 Å². The number of fused-ring (bicyclic) bond motifs is 1. The summed E-state index contributed by atoms with van der Waals surface area (Å²) in [5.74, 6) is -3.36. The number of hydrogen-bond donors (Lipinski definition) is 2. The van der Waals surface area contributed by atoms with Crippen LogP contribution in [0.15, 0.2) is 36.5 Å². The molecule has 162 valence electrons. The fraction of sp³-hybridized carbons (Fsp3) is 0.333. The van der Waals surface area contributed by atoms with Gasteiger partial charge in [-0.15, -0.1) is 0 Å². The maximum atomic E-state index is 12.6. The Labute approximate surface area is 177 Å². The van der Waals surface area contributed by atoms with Crippen molar-refractivity contribution in [3.8, 4) is 0 Å². The third kappa shape index (κ3) is 5.03. The topological polar surface area (TPSA) is 135 Å². The molecule has 0 unspecified atom stereocenters. The van der Waals surface area contributed by atoms with Crippen LogP contribution in [0.2, 0.25) is 0 Å². The molecule has 31 heavy (non-hydrogen) atoms. The van der Waals surface area contributed by atoms with Crippen LogP contribution in [-0.4, -0.2) is 72.1 Å². The number of rotatable bonds is 7. The molecule has 1 aliphatic rings. The normalized spacial score (nSPS) is 15.4. The van der Waals surface area contributed by atoms with E-state index in [2.05, 4.69) is 20.4 Å². The van der Waals surface area contributed by atoms with Crippen LogP contribution < -0.4 is 10.6 Å². The lowest BCUT2D eigenvalue weighted by Gasteiger charge is -2.23. The smallest absolute Gasteiger partial charge is 0.325 e. The average Bonchev–Trinajstić information content (AvgIpc) is 3.29. The predicted molar refractivity (Wildman–Crippen MR) is 109 cm³/mol. The number of pyridine rings is 1. The molecule has 1 saturated heterocycles. The summed E-state index contributed by atoms with van der Waals surface area (Å²) in [5.41, 5.74) is 1.04. The zero-order valence-corrected chi connectivity index (χ0v) is 16.9. The van der Waals surface area contributed by atoms with Crippen LogP contribution in [0.25, 0.3) is 10.9 Å². The van der Waals surface area contributed by atoms with E-state index in [0.717, 1.165) is 7.11 Å². The molecule has 0 radical (unpaired) electrons. The Morgan fingerprint density at radius 2 is 1.87 bits per heavy atom. The van der Waals surface area contributed by atoms with Crippen molar-refractivity contribution in [2.75, 3.05) is 26.7 Å². The number of para-hydroxylation sites is 1. The van der Waals surface area contributed by atoms with E-state index in [1.165, 1.54) is 11.1 Å². The van der Waals surface area contributed by atoms with Crippen molar-refractivity contribution >= 4 is 40.4 Å². The number of esters is 1. The van der Waals surface area contributed by atoms with Gasteiger partial charge in [-0.1, -0.05) is 18.2 Å². The molecule has 2 heterocycles. The Bertz CT molecular complexity index is 1030. The number of Topliss-reactive ketones (excluding diaryl/α,β-unsaturated/α-hetero) is 1. The zero-order chi connectivity index (χ0) is 22.4. The molecule has 0 spiro atoms. The highest BCUT2D eigenvalue weighted by atomic mass is 16.5. The number of benzene rings is 1. The number of aromatic nitrogens is 1. The molecule has 2 N–H and O–H groups in total. The summed E-state index contributed by atoms with van der Waals surface area (Å²) < 4.78 is 4.41. The Morgan fingerprint density at radius 1 is 1.10 bits per heavy atom. The fourth-order valence-electron chi connectivity index (χ4n) is 3.45. The van der Waals surface area contributed by atoms with Gasteiger partial charge in [0.25, 0.3) is 11.8 Å². The summed E-state index contributed by atoms with van der Waals surface area (Å²) in [6.45, 7) is -0.450. The fourth-order valence-corrected chi connectivity index (χ4v) is 3.45. The summed E-state index contributed by atoms with van der Waals surface area (Å²) >= 11 is 0. The highest BCUT2D eigenvalue weighted by Crippen LogP contribution is 2.19. The second-order valence-electron chi connectivity index (χ2n) is 6.93. The number of likely N-dealkylation sites (tertiary alicyclic amines) is 1. The molecule has 2 aromatic rings. The number of amides is 3.